The summed E-state index contributed by atoms with van der Waals surface area (Å²) in [6, 6.07) is 11.1. The number of carbonyl (C=O) groups is 2. The van der Waals surface area contributed by atoms with E-state index in [-0.39, 0.29) is 42.0 Å². The molecule has 0 radical (unpaired) electrons. The molecule has 216 valence electrons. The molecule has 8 nitrogen and oxygen atoms in total. The fraction of sp³-hybridized carbons (Fsp3) is 0.562. The highest BCUT2D eigenvalue weighted by Gasteiger charge is 2.59. The predicted octanol–water partition coefficient (Wildman–Crippen LogP) is 4.91. The number of methoxy groups -OCH3 is 3. The van der Waals surface area contributed by atoms with E-state index in [0.29, 0.717) is 28.8 Å². The Morgan fingerprint density at radius 1 is 1.00 bits per heavy atom. The summed E-state index contributed by atoms with van der Waals surface area (Å²) in [6.07, 6.45) is 4.75. The van der Waals surface area contributed by atoms with E-state index in [1.807, 2.05) is 14.1 Å². The molecule has 5 rings (SSSR count). The molecular formula is C32H42N2O6. The Bertz CT molecular complexity index is 1240. The van der Waals surface area contributed by atoms with Crippen LogP contribution >= 0.6 is 0 Å². The van der Waals surface area contributed by atoms with Crippen molar-refractivity contribution < 1.29 is 28.5 Å². The Kier molecular flexibility index (Phi) is 8.11. The van der Waals surface area contributed by atoms with Crippen LogP contribution in [0.3, 0.4) is 0 Å². The third-order valence-corrected chi connectivity index (χ3v) is 9.50. The van der Waals surface area contributed by atoms with Crippen molar-refractivity contribution in [2.75, 3.05) is 47.3 Å². The molecule has 6 atom stereocenters. The maximum atomic E-state index is 13.6. The summed E-state index contributed by atoms with van der Waals surface area (Å²) in [5.41, 5.74) is 3.49. The fourth-order valence-electron chi connectivity index (χ4n) is 7.78. The van der Waals surface area contributed by atoms with Crippen LogP contribution in [0.25, 0.3) is 0 Å². The number of carbonyl (C=O) groups excluding carboxylic acids is 2. The van der Waals surface area contributed by atoms with Gasteiger partial charge >= 0.3 is 5.97 Å². The molecule has 40 heavy (non-hydrogen) atoms. The minimum absolute atomic E-state index is 0.0600. The first kappa shape index (κ1) is 28.4. The monoisotopic (exact) mass is 550 g/mol. The van der Waals surface area contributed by atoms with Crippen LogP contribution in [0.2, 0.25) is 0 Å². The van der Waals surface area contributed by atoms with Crippen molar-refractivity contribution in [3.05, 3.63) is 53.1 Å². The molecule has 3 aliphatic rings. The third-order valence-electron chi connectivity index (χ3n) is 9.50. The molecule has 0 bridgehead atoms. The van der Waals surface area contributed by atoms with Gasteiger partial charge in [-0.3, -0.25) is 4.79 Å². The number of aryl methyl sites for hydroxylation is 1. The maximum Gasteiger partial charge on any atom is 0.338 e. The number of fused-ring (bicyclic) bond motifs is 5. The normalized spacial score (nSPS) is 28.7. The van der Waals surface area contributed by atoms with Gasteiger partial charge < -0.3 is 29.2 Å². The zero-order chi connectivity index (χ0) is 28.6. The van der Waals surface area contributed by atoms with E-state index in [9.17, 15) is 9.59 Å². The summed E-state index contributed by atoms with van der Waals surface area (Å²) < 4.78 is 23.7. The van der Waals surface area contributed by atoms with Crippen molar-refractivity contribution in [3.63, 3.8) is 0 Å². The molecule has 3 aliphatic carbocycles. The molecule has 2 aromatic carbocycles. The minimum atomic E-state index is -0.350. The smallest absolute Gasteiger partial charge is 0.338 e. The molecule has 1 amide bonds. The molecular weight excluding hydrogens is 508 g/mol. The Morgan fingerprint density at radius 2 is 1.70 bits per heavy atom. The van der Waals surface area contributed by atoms with E-state index in [2.05, 4.69) is 24.4 Å². The second kappa shape index (κ2) is 11.4. The lowest BCUT2D eigenvalue weighted by Crippen LogP contribution is -2.51. The average Bonchev–Trinajstić information content (AvgIpc) is 3.27. The highest BCUT2D eigenvalue weighted by atomic mass is 16.5. The number of hydrogen-bond acceptors (Lipinski definition) is 7. The fourth-order valence-corrected chi connectivity index (χ4v) is 7.78. The van der Waals surface area contributed by atoms with Crippen LogP contribution in [0.4, 0.5) is 5.69 Å². The van der Waals surface area contributed by atoms with Gasteiger partial charge in [-0.05, 0) is 106 Å². The van der Waals surface area contributed by atoms with Crippen LogP contribution < -0.4 is 14.8 Å². The number of amides is 1. The quantitative estimate of drug-likeness (QED) is 0.468. The van der Waals surface area contributed by atoms with E-state index in [1.165, 1.54) is 11.1 Å². The number of anilines is 1. The number of rotatable bonds is 8. The van der Waals surface area contributed by atoms with E-state index < -0.39 is 0 Å². The van der Waals surface area contributed by atoms with Gasteiger partial charge in [-0.2, -0.15) is 0 Å². The number of hydrogen-bond donors (Lipinski definition) is 1. The molecule has 0 spiro atoms. The van der Waals surface area contributed by atoms with Gasteiger partial charge in [0.05, 0.1) is 32.4 Å². The summed E-state index contributed by atoms with van der Waals surface area (Å²) in [6.45, 7) is 2.61. The molecule has 0 heterocycles. The van der Waals surface area contributed by atoms with E-state index in [4.69, 9.17) is 18.9 Å². The predicted molar refractivity (Wildman–Crippen MR) is 153 cm³/mol. The summed E-state index contributed by atoms with van der Waals surface area (Å²) in [5, 5.41) is 2.86. The SMILES string of the molecule is COc1cc2c(cc1OC)[C@@H]1[C@@H](CC2)[C@@H]2CC[C@H](OC)[C@@]2(C)C[C@H]1OC(=O)c1ccc(NC(=O)CN(C)C)cc1. The molecule has 2 fully saturated rings. The van der Waals surface area contributed by atoms with Crippen molar-refractivity contribution in [3.8, 4) is 11.5 Å². The second-order valence-electron chi connectivity index (χ2n) is 12.1. The Hall–Kier alpha value is -3.10. The molecule has 8 heteroatoms. The lowest BCUT2D eigenvalue weighted by Gasteiger charge is -2.53. The van der Waals surface area contributed by atoms with Crippen molar-refractivity contribution in [1.29, 1.82) is 0 Å². The second-order valence-corrected chi connectivity index (χ2v) is 12.1. The maximum absolute atomic E-state index is 13.6. The van der Waals surface area contributed by atoms with Crippen LogP contribution in [-0.4, -0.2) is 71.0 Å². The van der Waals surface area contributed by atoms with Gasteiger partial charge in [0.1, 0.15) is 6.10 Å². The zero-order valence-electron chi connectivity index (χ0n) is 24.5. The number of benzene rings is 2. The van der Waals surface area contributed by atoms with Crippen molar-refractivity contribution >= 4 is 17.6 Å². The molecule has 0 saturated heterocycles. The van der Waals surface area contributed by atoms with Gasteiger partial charge in [0.15, 0.2) is 11.5 Å². The molecule has 0 aliphatic heterocycles. The Morgan fingerprint density at radius 3 is 2.35 bits per heavy atom. The lowest BCUT2D eigenvalue weighted by atomic mass is 9.54. The van der Waals surface area contributed by atoms with Crippen LogP contribution in [0.15, 0.2) is 36.4 Å². The molecule has 2 aromatic rings. The highest BCUT2D eigenvalue weighted by molar-refractivity contribution is 5.94. The summed E-state index contributed by atoms with van der Waals surface area (Å²) in [4.78, 5) is 27.5. The first-order chi connectivity index (χ1) is 19.2. The van der Waals surface area contributed by atoms with Gasteiger partial charge in [0, 0.05) is 24.1 Å². The largest absolute Gasteiger partial charge is 0.493 e. The van der Waals surface area contributed by atoms with E-state index in [1.54, 1.807) is 50.5 Å². The summed E-state index contributed by atoms with van der Waals surface area (Å²) >= 11 is 0. The number of nitrogens with zero attached hydrogens (tertiary/aromatic N) is 1. The topological polar surface area (TPSA) is 86.3 Å². The first-order valence-corrected chi connectivity index (χ1v) is 14.2. The summed E-state index contributed by atoms with van der Waals surface area (Å²) in [5.74, 6) is 1.94. The molecule has 1 N–H and O–H groups in total. The Balaban J connectivity index is 1.44. The zero-order valence-corrected chi connectivity index (χ0v) is 24.5. The van der Waals surface area contributed by atoms with Gasteiger partial charge in [-0.25, -0.2) is 4.79 Å². The van der Waals surface area contributed by atoms with Crippen LogP contribution in [0.1, 0.15) is 60.0 Å². The third kappa shape index (κ3) is 5.19. The molecule has 0 unspecified atom stereocenters. The number of likely N-dealkylation sites (N-methyl/N-ethyl adjacent to an activating group) is 1. The Labute approximate surface area is 237 Å². The van der Waals surface area contributed by atoms with E-state index in [0.717, 1.165) is 37.9 Å². The number of esters is 1. The van der Waals surface area contributed by atoms with Gasteiger partial charge in [0.2, 0.25) is 5.91 Å². The van der Waals surface area contributed by atoms with Crippen LogP contribution in [-0.2, 0) is 20.7 Å². The molecule has 0 aromatic heterocycles. The van der Waals surface area contributed by atoms with E-state index >= 15 is 0 Å². The van der Waals surface area contributed by atoms with Crippen LogP contribution in [0, 0.1) is 17.3 Å². The van der Waals surface area contributed by atoms with Crippen molar-refractivity contribution in [1.82, 2.24) is 4.90 Å². The van der Waals surface area contributed by atoms with Crippen molar-refractivity contribution in [2.45, 2.75) is 57.2 Å². The van der Waals surface area contributed by atoms with Gasteiger partial charge in [-0.1, -0.05) is 6.92 Å². The van der Waals surface area contributed by atoms with Gasteiger partial charge in [0.25, 0.3) is 0 Å². The van der Waals surface area contributed by atoms with Crippen LogP contribution in [0.5, 0.6) is 11.5 Å². The lowest BCUT2D eigenvalue weighted by molar-refractivity contribution is -0.116. The number of ether oxygens (including phenoxy) is 4. The minimum Gasteiger partial charge on any atom is -0.493 e. The first-order valence-electron chi connectivity index (χ1n) is 14.2. The van der Waals surface area contributed by atoms with Crippen molar-refractivity contribution in [2.24, 2.45) is 17.3 Å². The summed E-state index contributed by atoms with van der Waals surface area (Å²) in [7, 11) is 8.81. The molecule has 2 saturated carbocycles. The van der Waals surface area contributed by atoms with Gasteiger partial charge in [-0.15, -0.1) is 0 Å². The average molecular weight is 551 g/mol. The number of nitrogens with one attached hydrogen (secondary N) is 1. The highest BCUT2D eigenvalue weighted by Crippen LogP contribution is 2.62. The standard InChI is InChI=1S/C32H42N2O6/c1-32-17-27(40-31(36)19-7-10-21(11-8-19)33-29(35)18-34(2)3)30-22(24(32)13-14-28(32)39-6)12-9-20-15-25(37-4)26(38-5)16-23(20)30/h7-8,10-11,15-16,22,24,27-28,30H,9,12-14,17-18H2,1-6H3,(H,33,35)/t22-,24-,27+,28-,30-,32-/m0/s1.